The van der Waals surface area contributed by atoms with Crippen molar-refractivity contribution in [2.24, 2.45) is 0 Å². The van der Waals surface area contributed by atoms with Gasteiger partial charge in [0.05, 0.1) is 17.6 Å². The van der Waals surface area contributed by atoms with Crippen molar-refractivity contribution in [3.05, 3.63) is 28.3 Å². The van der Waals surface area contributed by atoms with Gasteiger partial charge in [-0.3, -0.25) is 10.1 Å². The van der Waals surface area contributed by atoms with Crippen LogP contribution in [0.1, 0.15) is 26.7 Å². The Morgan fingerprint density at radius 2 is 2.10 bits per heavy atom. The monoisotopic (exact) mass is 281 g/mol. The molecule has 1 rings (SSSR count). The van der Waals surface area contributed by atoms with Crippen LogP contribution in [0.15, 0.2) is 18.2 Å². The molecule has 0 aliphatic heterocycles. The van der Waals surface area contributed by atoms with Crippen LogP contribution < -0.4 is 10.5 Å². The number of nitrogen functional groups attached to an aromatic ring is 1. The Bertz CT molecular complexity index is 438. The Balaban J connectivity index is 2.42. The van der Waals surface area contributed by atoms with Crippen molar-refractivity contribution < 1.29 is 9.66 Å². The van der Waals surface area contributed by atoms with E-state index in [4.69, 9.17) is 10.5 Å². The van der Waals surface area contributed by atoms with Crippen molar-refractivity contribution in [3.63, 3.8) is 0 Å². The highest BCUT2D eigenvalue weighted by atomic mass is 16.6. The Hall–Kier alpha value is -1.82. The van der Waals surface area contributed by atoms with Crippen LogP contribution in [0.5, 0.6) is 5.75 Å². The van der Waals surface area contributed by atoms with E-state index in [1.54, 1.807) is 6.07 Å². The van der Waals surface area contributed by atoms with Crippen molar-refractivity contribution >= 4 is 11.4 Å². The van der Waals surface area contributed by atoms with E-state index >= 15 is 0 Å². The van der Waals surface area contributed by atoms with Crippen LogP contribution in [0, 0.1) is 10.1 Å². The summed E-state index contributed by atoms with van der Waals surface area (Å²) in [5.74, 6) is 0.490. The summed E-state index contributed by atoms with van der Waals surface area (Å²) in [5.41, 5.74) is 5.58. The normalized spacial score (nSPS) is 10.8. The molecular formula is C14H23N3O3. The van der Waals surface area contributed by atoms with Crippen molar-refractivity contribution in [2.75, 3.05) is 32.0 Å². The largest absolute Gasteiger partial charge is 0.493 e. The Morgan fingerprint density at radius 1 is 1.35 bits per heavy atom. The van der Waals surface area contributed by atoms with Crippen LogP contribution in [-0.4, -0.2) is 36.1 Å². The number of benzene rings is 1. The molecule has 0 atom stereocenters. The summed E-state index contributed by atoms with van der Waals surface area (Å²) in [4.78, 5) is 12.6. The van der Waals surface area contributed by atoms with Crippen molar-refractivity contribution in [1.29, 1.82) is 0 Å². The first-order valence-electron chi connectivity index (χ1n) is 6.97. The second-order valence-corrected chi connectivity index (χ2v) is 4.61. The molecule has 2 N–H and O–H groups in total. The molecule has 1 aromatic rings. The predicted octanol–water partition coefficient (Wildman–Crippen LogP) is 2.68. The van der Waals surface area contributed by atoms with Crippen LogP contribution in [0.3, 0.4) is 0 Å². The minimum absolute atomic E-state index is 0.108. The molecule has 0 bridgehead atoms. The summed E-state index contributed by atoms with van der Waals surface area (Å²) >= 11 is 0. The van der Waals surface area contributed by atoms with E-state index in [0.29, 0.717) is 12.4 Å². The average Bonchev–Trinajstić information content (AvgIpc) is 2.43. The summed E-state index contributed by atoms with van der Waals surface area (Å²) in [6.45, 7) is 7.93. The maximum absolute atomic E-state index is 10.8. The fourth-order valence-electron chi connectivity index (χ4n) is 1.99. The standard InChI is InChI=1S/C14H23N3O3/c1-3-8-16(4-2)9-5-10-20-12-6-7-13(15)14(11-12)17(18)19/h6-7,11H,3-5,8-10,15H2,1-2H3. The van der Waals surface area contributed by atoms with Crippen LogP contribution in [0.2, 0.25) is 0 Å². The summed E-state index contributed by atoms with van der Waals surface area (Å²) in [7, 11) is 0. The first-order chi connectivity index (χ1) is 9.58. The van der Waals surface area contributed by atoms with Crippen molar-refractivity contribution in [2.45, 2.75) is 26.7 Å². The number of nitro groups is 1. The average molecular weight is 281 g/mol. The summed E-state index contributed by atoms with van der Waals surface area (Å²) in [6, 6.07) is 4.54. The molecule has 0 amide bonds. The van der Waals surface area contributed by atoms with Gasteiger partial charge in [-0.25, -0.2) is 0 Å². The van der Waals surface area contributed by atoms with Gasteiger partial charge in [-0.15, -0.1) is 0 Å². The van der Waals surface area contributed by atoms with Crippen molar-refractivity contribution in [1.82, 2.24) is 4.90 Å². The third kappa shape index (κ3) is 5.05. The van der Waals surface area contributed by atoms with E-state index in [9.17, 15) is 10.1 Å². The number of rotatable bonds is 9. The molecule has 6 nitrogen and oxygen atoms in total. The molecule has 112 valence electrons. The third-order valence-electron chi connectivity index (χ3n) is 3.07. The third-order valence-corrected chi connectivity index (χ3v) is 3.07. The second kappa shape index (κ2) is 8.37. The first kappa shape index (κ1) is 16.2. The van der Waals surface area contributed by atoms with Gasteiger partial charge in [-0.1, -0.05) is 13.8 Å². The van der Waals surface area contributed by atoms with Crippen LogP contribution in [-0.2, 0) is 0 Å². The molecule has 0 saturated carbocycles. The number of hydrogen-bond acceptors (Lipinski definition) is 5. The molecule has 0 fully saturated rings. The summed E-state index contributed by atoms with van der Waals surface area (Å²) in [5, 5.41) is 10.8. The van der Waals surface area contributed by atoms with Gasteiger partial charge in [0.2, 0.25) is 0 Å². The zero-order chi connectivity index (χ0) is 15.0. The van der Waals surface area contributed by atoms with E-state index in [2.05, 4.69) is 18.7 Å². The highest BCUT2D eigenvalue weighted by Gasteiger charge is 2.12. The number of nitrogens with two attached hydrogens (primary N) is 1. The zero-order valence-corrected chi connectivity index (χ0v) is 12.2. The zero-order valence-electron chi connectivity index (χ0n) is 12.2. The van der Waals surface area contributed by atoms with E-state index in [-0.39, 0.29) is 11.4 Å². The molecule has 0 aliphatic rings. The molecule has 1 aromatic carbocycles. The smallest absolute Gasteiger partial charge is 0.295 e. The van der Waals surface area contributed by atoms with E-state index in [0.717, 1.165) is 32.5 Å². The number of anilines is 1. The highest BCUT2D eigenvalue weighted by Crippen LogP contribution is 2.26. The van der Waals surface area contributed by atoms with Gasteiger partial charge in [0, 0.05) is 6.54 Å². The Labute approximate surface area is 119 Å². The van der Waals surface area contributed by atoms with Crippen molar-refractivity contribution in [3.8, 4) is 5.75 Å². The fourth-order valence-corrected chi connectivity index (χ4v) is 1.99. The lowest BCUT2D eigenvalue weighted by Gasteiger charge is -2.19. The molecule has 0 aliphatic carbocycles. The van der Waals surface area contributed by atoms with Crippen LogP contribution >= 0.6 is 0 Å². The first-order valence-corrected chi connectivity index (χ1v) is 6.97. The number of nitro benzene ring substituents is 1. The van der Waals surface area contributed by atoms with E-state index in [1.165, 1.54) is 12.1 Å². The molecular weight excluding hydrogens is 258 g/mol. The lowest BCUT2D eigenvalue weighted by molar-refractivity contribution is -0.384. The molecule has 20 heavy (non-hydrogen) atoms. The van der Waals surface area contributed by atoms with Crippen LogP contribution in [0.25, 0.3) is 0 Å². The van der Waals surface area contributed by atoms with Gasteiger partial charge in [0.25, 0.3) is 5.69 Å². The van der Waals surface area contributed by atoms with E-state index < -0.39 is 4.92 Å². The van der Waals surface area contributed by atoms with Gasteiger partial charge in [-0.2, -0.15) is 0 Å². The minimum Gasteiger partial charge on any atom is -0.493 e. The molecule has 6 heteroatoms. The van der Waals surface area contributed by atoms with Gasteiger partial charge in [0.1, 0.15) is 11.4 Å². The quantitative estimate of drug-likeness (QED) is 0.326. The highest BCUT2D eigenvalue weighted by molar-refractivity contribution is 5.60. The Morgan fingerprint density at radius 3 is 2.70 bits per heavy atom. The molecule has 0 spiro atoms. The van der Waals surface area contributed by atoms with Gasteiger partial charge >= 0.3 is 0 Å². The molecule has 0 radical (unpaired) electrons. The topological polar surface area (TPSA) is 81.6 Å². The molecule has 0 unspecified atom stereocenters. The fraction of sp³-hybridized carbons (Fsp3) is 0.571. The maximum atomic E-state index is 10.8. The minimum atomic E-state index is -0.498. The lowest BCUT2D eigenvalue weighted by Crippen LogP contribution is -2.26. The summed E-state index contributed by atoms with van der Waals surface area (Å²) in [6.07, 6.45) is 2.03. The number of ether oxygens (including phenoxy) is 1. The summed E-state index contributed by atoms with van der Waals surface area (Å²) < 4.78 is 5.54. The Kier molecular flexibility index (Phi) is 6.79. The number of hydrogen-bond donors (Lipinski definition) is 1. The van der Waals surface area contributed by atoms with Gasteiger partial charge < -0.3 is 15.4 Å². The molecule has 0 saturated heterocycles. The molecule has 0 heterocycles. The van der Waals surface area contributed by atoms with Crippen LogP contribution in [0.4, 0.5) is 11.4 Å². The molecule has 0 aromatic heterocycles. The second-order valence-electron chi connectivity index (χ2n) is 4.61. The lowest BCUT2D eigenvalue weighted by atomic mass is 10.2. The maximum Gasteiger partial charge on any atom is 0.295 e. The number of nitrogens with zero attached hydrogens (tertiary/aromatic N) is 2. The SMILES string of the molecule is CCCN(CC)CCCOc1ccc(N)c([N+](=O)[O-])c1. The van der Waals surface area contributed by atoms with Gasteiger partial charge in [0.15, 0.2) is 0 Å². The van der Waals surface area contributed by atoms with Gasteiger partial charge in [-0.05, 0) is 38.1 Å². The predicted molar refractivity (Wildman–Crippen MR) is 80.0 cm³/mol. The van der Waals surface area contributed by atoms with E-state index in [1.807, 2.05) is 0 Å².